The molecule has 0 unspecified atom stereocenters. The van der Waals surface area contributed by atoms with Crippen LogP contribution in [0.15, 0.2) is 52.4 Å². The number of non-ortho nitro benzene ring substituents is 1. The van der Waals surface area contributed by atoms with Gasteiger partial charge in [0.2, 0.25) is 5.91 Å². The number of aromatic nitrogens is 1. The Kier molecular flexibility index (Phi) is 8.33. The van der Waals surface area contributed by atoms with Crippen LogP contribution in [0.4, 0.5) is 10.1 Å². The van der Waals surface area contributed by atoms with E-state index in [4.69, 9.17) is 4.74 Å². The second-order valence-electron chi connectivity index (χ2n) is 6.55. The number of hydrogen-bond acceptors (Lipinski definition) is 6. The summed E-state index contributed by atoms with van der Waals surface area (Å²) in [4.78, 5) is 28.9. The minimum absolute atomic E-state index is 0.00819. The van der Waals surface area contributed by atoms with Crippen molar-refractivity contribution in [1.82, 2.24) is 4.57 Å². The van der Waals surface area contributed by atoms with Crippen molar-refractivity contribution < 1.29 is 18.8 Å². The van der Waals surface area contributed by atoms with Gasteiger partial charge < -0.3 is 9.30 Å². The number of carbonyl (C=O) groups excluding carboxylic acids is 1. The maximum absolute atomic E-state index is 12.9. The number of hydrogen-bond donors (Lipinski definition) is 0. The van der Waals surface area contributed by atoms with Crippen LogP contribution in [0.1, 0.15) is 19.8 Å². The quantitative estimate of drug-likeness (QED) is 0.187. The zero-order valence-corrected chi connectivity index (χ0v) is 18.6. The lowest BCUT2D eigenvalue weighted by molar-refractivity contribution is -0.384. The lowest BCUT2D eigenvalue weighted by Crippen LogP contribution is -2.19. The fourth-order valence-electron chi connectivity index (χ4n) is 2.88. The summed E-state index contributed by atoms with van der Waals surface area (Å²) < 4.78 is 21.0. The van der Waals surface area contributed by atoms with E-state index in [1.165, 1.54) is 35.6 Å². The number of thiazole rings is 1. The highest BCUT2D eigenvalue weighted by atomic mass is 32.2. The summed E-state index contributed by atoms with van der Waals surface area (Å²) >= 11 is 2.88. The minimum Gasteiger partial charge on any atom is -0.380 e. The number of ether oxygens (including phenoxy) is 1. The average Bonchev–Trinajstić information content (AvgIpc) is 3.09. The monoisotopic (exact) mass is 463 g/mol. The van der Waals surface area contributed by atoms with Gasteiger partial charge in [0, 0.05) is 36.6 Å². The third-order valence-electron chi connectivity index (χ3n) is 4.38. The smallest absolute Gasteiger partial charge is 0.271 e. The molecule has 1 aromatic heterocycles. The van der Waals surface area contributed by atoms with Crippen molar-refractivity contribution >= 4 is 44.9 Å². The molecule has 0 aliphatic heterocycles. The normalized spacial score (nSPS) is 11.9. The number of fused-ring (bicyclic) bond motifs is 1. The van der Waals surface area contributed by atoms with Crippen LogP contribution in [-0.4, -0.2) is 34.4 Å². The van der Waals surface area contributed by atoms with Crippen molar-refractivity contribution in [1.29, 1.82) is 0 Å². The van der Waals surface area contributed by atoms with Crippen LogP contribution in [0.25, 0.3) is 10.2 Å². The van der Waals surface area contributed by atoms with Crippen LogP contribution in [0, 0.1) is 15.9 Å². The average molecular weight is 464 g/mol. The fraction of sp³-hybridized carbons (Fsp3) is 0.333. The molecule has 1 amide bonds. The number of benzene rings is 2. The molecule has 0 aliphatic carbocycles. The highest BCUT2D eigenvalue weighted by molar-refractivity contribution is 7.99. The molecule has 1 heterocycles. The molecule has 7 nitrogen and oxygen atoms in total. The molecule has 0 radical (unpaired) electrons. The molecule has 0 fully saturated rings. The Hall–Kier alpha value is -2.56. The van der Waals surface area contributed by atoms with Gasteiger partial charge in [-0.2, -0.15) is 4.99 Å². The molecule has 0 N–H and O–H groups in total. The van der Waals surface area contributed by atoms with Crippen LogP contribution in [0.2, 0.25) is 0 Å². The number of nitro groups is 1. The van der Waals surface area contributed by atoms with Gasteiger partial charge in [-0.25, -0.2) is 4.39 Å². The molecular weight excluding hydrogens is 441 g/mol. The van der Waals surface area contributed by atoms with E-state index in [9.17, 15) is 19.3 Å². The molecule has 0 atom stereocenters. The van der Waals surface area contributed by atoms with Crippen LogP contribution in [0.5, 0.6) is 0 Å². The number of thioether (sulfide) groups is 1. The number of amides is 1. The van der Waals surface area contributed by atoms with Gasteiger partial charge in [0.25, 0.3) is 5.69 Å². The second kappa shape index (κ2) is 11.2. The Morgan fingerprint density at radius 2 is 2.06 bits per heavy atom. The van der Waals surface area contributed by atoms with Gasteiger partial charge in [-0.1, -0.05) is 11.3 Å². The third kappa shape index (κ3) is 6.46. The first-order valence-corrected chi connectivity index (χ1v) is 11.6. The van der Waals surface area contributed by atoms with Gasteiger partial charge in [0.05, 0.1) is 21.7 Å². The van der Waals surface area contributed by atoms with Crippen molar-refractivity contribution in [2.24, 2.45) is 4.99 Å². The fourth-order valence-corrected chi connectivity index (χ4v) is 4.79. The minimum atomic E-state index is -0.440. The molecule has 10 heteroatoms. The van der Waals surface area contributed by atoms with Gasteiger partial charge >= 0.3 is 0 Å². The lowest BCUT2D eigenvalue weighted by atomic mass is 10.3. The molecule has 3 rings (SSSR count). The summed E-state index contributed by atoms with van der Waals surface area (Å²) in [6, 6.07) is 10.9. The molecule has 0 spiro atoms. The largest absolute Gasteiger partial charge is 0.380 e. The predicted octanol–water partition coefficient (Wildman–Crippen LogP) is 4.79. The van der Waals surface area contributed by atoms with E-state index >= 15 is 0 Å². The maximum atomic E-state index is 12.9. The SMILES string of the molecule is CCOCCn1c(=NC(=O)CCCSc2ccc(F)cc2)sc2ccc([N+](=O)[O-])cc21. The Morgan fingerprint density at radius 3 is 2.77 bits per heavy atom. The topological polar surface area (TPSA) is 86.7 Å². The van der Waals surface area contributed by atoms with Crippen molar-refractivity contribution in [2.45, 2.75) is 31.2 Å². The Bertz CT molecular complexity index is 1130. The molecule has 0 saturated carbocycles. The van der Waals surface area contributed by atoms with Gasteiger partial charge in [-0.05, 0) is 49.4 Å². The van der Waals surface area contributed by atoms with E-state index in [2.05, 4.69) is 4.99 Å². The van der Waals surface area contributed by atoms with Gasteiger partial charge in [0.15, 0.2) is 4.80 Å². The zero-order chi connectivity index (χ0) is 22.2. The lowest BCUT2D eigenvalue weighted by Gasteiger charge is -2.05. The van der Waals surface area contributed by atoms with E-state index in [0.29, 0.717) is 36.5 Å². The van der Waals surface area contributed by atoms with Crippen molar-refractivity contribution in [2.75, 3.05) is 19.0 Å². The summed E-state index contributed by atoms with van der Waals surface area (Å²) in [5.41, 5.74) is 0.656. The molecule has 164 valence electrons. The molecule has 0 aliphatic rings. The van der Waals surface area contributed by atoms with Crippen LogP contribution >= 0.6 is 23.1 Å². The molecular formula is C21H22FN3O4S2. The van der Waals surface area contributed by atoms with E-state index in [-0.39, 0.29) is 23.8 Å². The van der Waals surface area contributed by atoms with E-state index < -0.39 is 4.92 Å². The molecule has 3 aromatic rings. The van der Waals surface area contributed by atoms with Crippen molar-refractivity contribution in [3.63, 3.8) is 0 Å². The van der Waals surface area contributed by atoms with Gasteiger partial charge in [-0.3, -0.25) is 14.9 Å². The highest BCUT2D eigenvalue weighted by Crippen LogP contribution is 2.23. The summed E-state index contributed by atoms with van der Waals surface area (Å²) in [7, 11) is 0. The van der Waals surface area contributed by atoms with Gasteiger partial charge in [-0.15, -0.1) is 11.8 Å². The Morgan fingerprint density at radius 1 is 1.29 bits per heavy atom. The number of rotatable bonds is 10. The number of halogens is 1. The number of nitro benzene ring substituents is 1. The Labute approximate surface area is 186 Å². The number of carbonyl (C=O) groups is 1. The third-order valence-corrected chi connectivity index (χ3v) is 6.54. The first-order chi connectivity index (χ1) is 15.0. The van der Waals surface area contributed by atoms with Crippen LogP contribution in [0.3, 0.4) is 0 Å². The van der Waals surface area contributed by atoms with E-state index in [1.807, 2.05) is 6.92 Å². The van der Waals surface area contributed by atoms with Crippen molar-refractivity contribution in [3.05, 3.63) is 63.2 Å². The van der Waals surface area contributed by atoms with Crippen LogP contribution in [-0.2, 0) is 16.1 Å². The molecule has 2 aromatic carbocycles. The standard InChI is InChI=1S/C21H22FN3O4S2/c1-2-29-12-11-24-18-14-16(25(27)28)7-10-19(18)31-21(24)23-20(26)4-3-13-30-17-8-5-15(22)6-9-17/h5-10,14H,2-4,11-13H2,1H3. The summed E-state index contributed by atoms with van der Waals surface area (Å²) in [5, 5.41) is 11.1. The Balaban J connectivity index is 1.72. The second-order valence-corrected chi connectivity index (χ2v) is 8.73. The summed E-state index contributed by atoms with van der Waals surface area (Å²) in [5.74, 6) is 0.200. The highest BCUT2D eigenvalue weighted by Gasteiger charge is 2.13. The van der Waals surface area contributed by atoms with E-state index in [1.54, 1.807) is 34.5 Å². The predicted molar refractivity (Wildman–Crippen MR) is 120 cm³/mol. The number of nitrogens with zero attached hydrogens (tertiary/aromatic N) is 3. The first-order valence-electron chi connectivity index (χ1n) is 9.79. The van der Waals surface area contributed by atoms with Crippen LogP contribution < -0.4 is 4.80 Å². The summed E-state index contributed by atoms with van der Waals surface area (Å²) in [6.07, 6.45) is 0.924. The molecule has 0 saturated heterocycles. The first kappa shape index (κ1) is 23.1. The van der Waals surface area contributed by atoms with Crippen molar-refractivity contribution in [3.8, 4) is 0 Å². The van der Waals surface area contributed by atoms with E-state index in [0.717, 1.165) is 15.3 Å². The molecule has 0 bridgehead atoms. The summed E-state index contributed by atoms with van der Waals surface area (Å²) in [6.45, 7) is 3.31. The zero-order valence-electron chi connectivity index (χ0n) is 17.0. The maximum Gasteiger partial charge on any atom is 0.271 e. The molecule has 31 heavy (non-hydrogen) atoms. The van der Waals surface area contributed by atoms with Gasteiger partial charge in [0.1, 0.15) is 5.82 Å².